The van der Waals surface area contributed by atoms with Gasteiger partial charge in [-0.15, -0.1) is 0 Å². The summed E-state index contributed by atoms with van der Waals surface area (Å²) in [4.78, 5) is 26.5. The molecule has 1 aliphatic heterocycles. The summed E-state index contributed by atoms with van der Waals surface area (Å²) in [6.07, 6.45) is -0.542. The predicted octanol–water partition coefficient (Wildman–Crippen LogP) is 5.22. The number of carbonyl (C=O) groups is 1. The van der Waals surface area contributed by atoms with E-state index in [0.717, 1.165) is 12.1 Å². The first-order valence-electron chi connectivity index (χ1n) is 12.4. The van der Waals surface area contributed by atoms with Crippen molar-refractivity contribution in [3.63, 3.8) is 0 Å². The monoisotopic (exact) mass is 544 g/mol. The molecular weight excluding hydrogens is 520 g/mol. The first kappa shape index (κ1) is 25.2. The van der Waals surface area contributed by atoms with Crippen molar-refractivity contribution in [3.05, 3.63) is 51.4 Å². The SMILES string of the molecule is Cc1oc2cc3c(-c4c(O)cc(O)c5c(O)c6c(cc45)O[C@H](C)[C@@H](C)C6=O)c(=O)cc(O)c3c(O)c2c(O)c1C. The van der Waals surface area contributed by atoms with Crippen LogP contribution in [0.15, 0.2) is 33.5 Å². The Morgan fingerprint density at radius 3 is 2.00 bits per heavy atom. The maximum Gasteiger partial charge on any atom is 0.190 e. The Labute approximate surface area is 225 Å². The number of Topliss-reactive ketones (excluding diaryl/α,β-unsaturated/α-hetero) is 1. The molecule has 0 saturated carbocycles. The molecule has 4 aromatic carbocycles. The zero-order chi connectivity index (χ0) is 28.9. The molecule has 0 saturated heterocycles. The van der Waals surface area contributed by atoms with E-state index >= 15 is 0 Å². The van der Waals surface area contributed by atoms with Gasteiger partial charge in [-0.3, -0.25) is 9.59 Å². The lowest BCUT2D eigenvalue weighted by molar-refractivity contribution is 0.0726. The Balaban J connectivity index is 1.82. The molecule has 2 heterocycles. The standard InChI is InChI=1S/C30H24O10/c1-9-11(3)39-19-5-13-21(15(31)7-17(33)23(13)29(37)25(19)27(9)35)22-14-6-20-26(28(36)10(2)12(4)40-20)30(38)24(14)18(34)8-16(22)32/h5-9,11,31,33-34,36-38H,1-4H3/t9-,11-/m1/s1. The van der Waals surface area contributed by atoms with Crippen molar-refractivity contribution in [2.45, 2.75) is 33.8 Å². The number of ketones is 1. The van der Waals surface area contributed by atoms with Crippen LogP contribution in [0.3, 0.4) is 0 Å². The number of carbonyl (C=O) groups excluding carboxylic acids is 1. The van der Waals surface area contributed by atoms with Crippen LogP contribution in [-0.2, 0) is 0 Å². The number of fused-ring (bicyclic) bond motifs is 4. The van der Waals surface area contributed by atoms with Crippen LogP contribution < -0.4 is 10.2 Å². The van der Waals surface area contributed by atoms with Crippen LogP contribution in [0.2, 0.25) is 0 Å². The van der Waals surface area contributed by atoms with Gasteiger partial charge in [-0.25, -0.2) is 0 Å². The van der Waals surface area contributed by atoms with Gasteiger partial charge in [0.05, 0.1) is 16.7 Å². The Kier molecular flexibility index (Phi) is 5.15. The molecule has 1 aliphatic rings. The molecule has 0 unspecified atom stereocenters. The smallest absolute Gasteiger partial charge is 0.190 e. The maximum absolute atomic E-state index is 13.4. The van der Waals surface area contributed by atoms with E-state index < -0.39 is 52.0 Å². The summed E-state index contributed by atoms with van der Waals surface area (Å²) in [5, 5.41) is 65.0. The van der Waals surface area contributed by atoms with Crippen molar-refractivity contribution in [3.8, 4) is 51.4 Å². The van der Waals surface area contributed by atoms with Crippen LogP contribution in [0, 0.1) is 19.8 Å². The second kappa shape index (κ2) is 8.19. The Hall–Kier alpha value is -5.12. The Morgan fingerprint density at radius 2 is 1.30 bits per heavy atom. The summed E-state index contributed by atoms with van der Waals surface area (Å²) >= 11 is 0. The summed E-state index contributed by atoms with van der Waals surface area (Å²) in [6.45, 7) is 6.53. The number of hydrogen-bond acceptors (Lipinski definition) is 10. The van der Waals surface area contributed by atoms with Gasteiger partial charge in [0.25, 0.3) is 0 Å². The fraction of sp³-hybridized carbons (Fsp3) is 0.200. The minimum absolute atomic E-state index is 0.00158. The first-order chi connectivity index (χ1) is 18.8. The number of benzene rings is 4. The first-order valence-corrected chi connectivity index (χ1v) is 12.4. The number of phenols is 5. The third-order valence-corrected chi connectivity index (χ3v) is 7.93. The average molecular weight is 545 g/mol. The molecule has 0 amide bonds. The lowest BCUT2D eigenvalue weighted by Gasteiger charge is -2.29. The zero-order valence-electron chi connectivity index (χ0n) is 21.8. The molecular formula is C30H24O10. The van der Waals surface area contributed by atoms with Crippen molar-refractivity contribution < 1.29 is 44.6 Å². The third kappa shape index (κ3) is 3.16. The highest BCUT2D eigenvalue weighted by atomic mass is 16.5. The second-order valence-electron chi connectivity index (χ2n) is 10.2. The molecule has 0 radical (unpaired) electrons. The van der Waals surface area contributed by atoms with Crippen LogP contribution in [-0.4, -0.2) is 42.5 Å². The molecule has 6 rings (SSSR count). The summed E-state index contributed by atoms with van der Waals surface area (Å²) in [7, 11) is 0. The molecule has 10 nitrogen and oxygen atoms in total. The number of aromatic hydroxyl groups is 6. The molecule has 6 N–H and O–H groups in total. The fourth-order valence-corrected chi connectivity index (χ4v) is 5.52. The highest BCUT2D eigenvalue weighted by Gasteiger charge is 2.36. The lowest BCUT2D eigenvalue weighted by atomic mass is 9.86. The molecule has 5 aromatic rings. The fourth-order valence-electron chi connectivity index (χ4n) is 5.52. The van der Waals surface area contributed by atoms with E-state index in [1.54, 1.807) is 27.7 Å². The van der Waals surface area contributed by atoms with Gasteiger partial charge in [0, 0.05) is 39.6 Å². The van der Waals surface area contributed by atoms with E-state index in [1.165, 1.54) is 12.1 Å². The highest BCUT2D eigenvalue weighted by Crippen LogP contribution is 2.52. The molecule has 2 atom stereocenters. The second-order valence-corrected chi connectivity index (χ2v) is 10.2. The minimum Gasteiger partial charge on any atom is -0.507 e. The summed E-state index contributed by atoms with van der Waals surface area (Å²) in [6, 6.07) is 4.46. The van der Waals surface area contributed by atoms with Crippen LogP contribution >= 0.6 is 0 Å². The van der Waals surface area contributed by atoms with Gasteiger partial charge in [-0.2, -0.15) is 0 Å². The largest absolute Gasteiger partial charge is 0.507 e. The predicted molar refractivity (Wildman–Crippen MR) is 146 cm³/mol. The molecule has 0 fully saturated rings. The van der Waals surface area contributed by atoms with E-state index in [9.17, 15) is 40.2 Å². The van der Waals surface area contributed by atoms with Crippen molar-refractivity contribution in [2.75, 3.05) is 0 Å². The highest BCUT2D eigenvalue weighted by molar-refractivity contribution is 6.19. The maximum atomic E-state index is 13.4. The molecule has 204 valence electrons. The number of hydrogen-bond donors (Lipinski definition) is 6. The van der Waals surface area contributed by atoms with Gasteiger partial charge in [0.1, 0.15) is 68.6 Å². The van der Waals surface area contributed by atoms with Crippen molar-refractivity contribution in [1.82, 2.24) is 0 Å². The number of ether oxygens (including phenoxy) is 1. The van der Waals surface area contributed by atoms with Crippen molar-refractivity contribution in [1.29, 1.82) is 0 Å². The van der Waals surface area contributed by atoms with Crippen LogP contribution in [0.5, 0.6) is 40.2 Å². The zero-order valence-corrected chi connectivity index (χ0v) is 21.8. The van der Waals surface area contributed by atoms with Gasteiger partial charge in [-0.05, 0) is 32.9 Å². The molecule has 0 spiro atoms. The topological polar surface area (TPSA) is 178 Å². The summed E-state index contributed by atoms with van der Waals surface area (Å²) < 4.78 is 11.7. The molecule has 0 aliphatic carbocycles. The summed E-state index contributed by atoms with van der Waals surface area (Å²) in [5.41, 5.74) is -0.903. The van der Waals surface area contributed by atoms with Gasteiger partial charge < -0.3 is 39.8 Å². The van der Waals surface area contributed by atoms with E-state index in [0.29, 0.717) is 11.3 Å². The third-order valence-electron chi connectivity index (χ3n) is 7.93. The van der Waals surface area contributed by atoms with Crippen molar-refractivity contribution >= 4 is 38.3 Å². The quantitative estimate of drug-likeness (QED) is 0.153. The number of phenolic OH excluding ortho intramolecular Hbond substituents is 5. The normalized spacial score (nSPS) is 16.9. The molecule has 0 bridgehead atoms. The van der Waals surface area contributed by atoms with Crippen LogP contribution in [0.1, 0.15) is 35.5 Å². The minimum atomic E-state index is -0.768. The molecule has 40 heavy (non-hydrogen) atoms. The van der Waals surface area contributed by atoms with Gasteiger partial charge in [0.2, 0.25) is 0 Å². The molecule has 10 heteroatoms. The Bertz CT molecular complexity index is 2040. The van der Waals surface area contributed by atoms with Gasteiger partial charge >= 0.3 is 0 Å². The van der Waals surface area contributed by atoms with E-state index in [2.05, 4.69) is 0 Å². The summed E-state index contributed by atoms with van der Waals surface area (Å²) in [5.74, 6) is -3.74. The van der Waals surface area contributed by atoms with E-state index in [1.807, 2.05) is 0 Å². The van der Waals surface area contributed by atoms with Crippen molar-refractivity contribution in [2.24, 2.45) is 5.92 Å². The number of aryl methyl sites for hydroxylation is 1. The van der Waals surface area contributed by atoms with Crippen LogP contribution in [0.25, 0.3) is 43.6 Å². The van der Waals surface area contributed by atoms with E-state index in [4.69, 9.17) is 9.15 Å². The molecule has 1 aromatic heterocycles. The Morgan fingerprint density at radius 1 is 0.675 bits per heavy atom. The van der Waals surface area contributed by atoms with E-state index in [-0.39, 0.29) is 60.7 Å². The average Bonchev–Trinajstić information content (AvgIpc) is 2.86. The van der Waals surface area contributed by atoms with Crippen LogP contribution in [0.4, 0.5) is 0 Å². The van der Waals surface area contributed by atoms with Gasteiger partial charge in [0.15, 0.2) is 11.2 Å². The number of rotatable bonds is 1. The van der Waals surface area contributed by atoms with Gasteiger partial charge in [-0.1, -0.05) is 6.92 Å². The lowest BCUT2D eigenvalue weighted by Crippen LogP contribution is -2.33.